The number of aliphatic hydroxyl groups excluding tert-OH is 1. The molecule has 3 heterocycles. The van der Waals surface area contributed by atoms with Crippen molar-refractivity contribution in [2.45, 2.75) is 57.1 Å². The van der Waals surface area contributed by atoms with Crippen molar-refractivity contribution < 1.29 is 28.2 Å². The van der Waals surface area contributed by atoms with Gasteiger partial charge in [0, 0.05) is 36.4 Å². The Labute approximate surface area is 206 Å². The Morgan fingerprint density at radius 3 is 2.89 bits per heavy atom. The summed E-state index contributed by atoms with van der Waals surface area (Å²) >= 11 is 1.44. The van der Waals surface area contributed by atoms with E-state index in [1.807, 2.05) is 0 Å². The number of carbonyl (C=O) groups is 1. The normalized spacial score (nSPS) is 20.5. The Hall–Kier alpha value is -2.69. The van der Waals surface area contributed by atoms with Crippen molar-refractivity contribution in [3.8, 4) is 0 Å². The van der Waals surface area contributed by atoms with Gasteiger partial charge in [0.05, 0.1) is 22.2 Å². The maximum absolute atomic E-state index is 14.9. The molecule has 2 N–H and O–H groups in total. The molecule has 0 spiro atoms. The SMILES string of the molecule is CO[n+]1ccc([C@@H]2CN(C(C)C(=O)Nc3nc4cc5c(cc4s3)CCC5)CCC2(F)F)cc1CO. The smallest absolute Gasteiger partial charge is 0.259 e. The number of nitrogens with zero attached hydrogens (tertiary/aromatic N) is 3. The molecule has 0 bridgehead atoms. The lowest BCUT2D eigenvalue weighted by Crippen LogP contribution is -2.52. The Kier molecular flexibility index (Phi) is 6.45. The van der Waals surface area contributed by atoms with Gasteiger partial charge in [0.2, 0.25) is 12.1 Å². The first-order valence-corrected chi connectivity index (χ1v) is 12.7. The lowest BCUT2D eigenvalue weighted by molar-refractivity contribution is -0.891. The van der Waals surface area contributed by atoms with Gasteiger partial charge in [0.15, 0.2) is 5.13 Å². The van der Waals surface area contributed by atoms with Gasteiger partial charge in [0.25, 0.3) is 11.6 Å². The van der Waals surface area contributed by atoms with Crippen LogP contribution in [0.3, 0.4) is 0 Å². The summed E-state index contributed by atoms with van der Waals surface area (Å²) < 4.78 is 32.3. The molecule has 1 aromatic carbocycles. The van der Waals surface area contributed by atoms with Gasteiger partial charge < -0.3 is 10.4 Å². The molecule has 1 fully saturated rings. The Bertz CT molecular complexity index is 1220. The van der Waals surface area contributed by atoms with Crippen LogP contribution >= 0.6 is 11.3 Å². The van der Waals surface area contributed by atoms with E-state index in [1.54, 1.807) is 17.9 Å². The second-order valence-electron chi connectivity index (χ2n) is 9.30. The van der Waals surface area contributed by atoms with E-state index in [-0.39, 0.29) is 32.0 Å². The third-order valence-electron chi connectivity index (χ3n) is 7.20. The predicted octanol–water partition coefficient (Wildman–Crippen LogP) is 3.08. The number of aromatic nitrogens is 2. The van der Waals surface area contributed by atoms with Crippen molar-refractivity contribution in [1.82, 2.24) is 9.88 Å². The molecule has 0 saturated carbocycles. The fourth-order valence-electron chi connectivity index (χ4n) is 5.11. The summed E-state index contributed by atoms with van der Waals surface area (Å²) in [7, 11) is 1.44. The Morgan fingerprint density at radius 2 is 2.14 bits per heavy atom. The number of thiazole rings is 1. The summed E-state index contributed by atoms with van der Waals surface area (Å²) in [6.45, 7) is 1.53. The zero-order valence-corrected chi connectivity index (χ0v) is 20.6. The summed E-state index contributed by atoms with van der Waals surface area (Å²) in [5.74, 6) is -4.29. The fourth-order valence-corrected chi connectivity index (χ4v) is 6.03. The molecule has 1 aliphatic heterocycles. The molecule has 35 heavy (non-hydrogen) atoms. The standard InChI is InChI=1S/C25H28F2N4O3S/c1-15(23(33)29-24-28-21-11-16-4-3-5-17(16)12-22(21)35-24)30-9-7-25(26,27)20(13-30)18-6-8-31(34-2)19(10-18)14-32/h6,8,10-12,15,20,32H,3-5,7,9,13-14H2,1-2H3/p+1/t15?,20-/m0/s1. The summed E-state index contributed by atoms with van der Waals surface area (Å²) in [5.41, 5.74) is 4.35. The van der Waals surface area contributed by atoms with E-state index < -0.39 is 17.9 Å². The summed E-state index contributed by atoms with van der Waals surface area (Å²) in [6.07, 6.45) is 4.48. The number of piperidine rings is 1. The van der Waals surface area contributed by atoms with E-state index in [4.69, 9.17) is 4.84 Å². The van der Waals surface area contributed by atoms with Gasteiger partial charge in [-0.15, -0.1) is 0 Å². The molecule has 2 aliphatic rings. The number of fused-ring (bicyclic) bond motifs is 2. The van der Waals surface area contributed by atoms with Crippen LogP contribution in [-0.4, -0.2) is 53.1 Å². The van der Waals surface area contributed by atoms with Crippen molar-refractivity contribution in [3.05, 3.63) is 52.8 Å². The zero-order valence-electron chi connectivity index (χ0n) is 19.8. The maximum atomic E-state index is 14.9. The first kappa shape index (κ1) is 24.0. The summed E-state index contributed by atoms with van der Waals surface area (Å²) in [5, 5.41) is 13.0. The number of likely N-dealkylation sites (tertiary alicyclic amines) is 1. The van der Waals surface area contributed by atoms with Gasteiger partial charge in [-0.05, 0) is 55.0 Å². The van der Waals surface area contributed by atoms with Crippen LogP contribution in [0.25, 0.3) is 10.2 Å². The number of halogens is 2. The van der Waals surface area contributed by atoms with E-state index in [0.717, 1.165) is 23.1 Å². The fraction of sp³-hybridized carbons (Fsp3) is 0.480. The number of rotatable bonds is 6. The number of pyridine rings is 1. The van der Waals surface area contributed by atoms with Crippen LogP contribution in [0.4, 0.5) is 13.9 Å². The third kappa shape index (κ3) is 4.62. The molecular weight excluding hydrogens is 474 g/mol. The largest absolute Gasteiger partial charge is 0.385 e. The zero-order chi connectivity index (χ0) is 24.7. The van der Waals surface area contributed by atoms with Gasteiger partial charge in [-0.1, -0.05) is 11.3 Å². The van der Waals surface area contributed by atoms with Crippen molar-refractivity contribution in [1.29, 1.82) is 0 Å². The number of aliphatic hydroxyl groups is 1. The molecule has 1 saturated heterocycles. The molecule has 3 aromatic rings. The highest BCUT2D eigenvalue weighted by Crippen LogP contribution is 2.41. The number of anilines is 1. The molecule has 1 unspecified atom stereocenters. The van der Waals surface area contributed by atoms with Crippen LogP contribution in [0.1, 0.15) is 48.1 Å². The lowest BCUT2D eigenvalue weighted by Gasteiger charge is -2.40. The number of amides is 1. The average molecular weight is 504 g/mol. The van der Waals surface area contributed by atoms with Crippen molar-refractivity contribution >= 4 is 32.6 Å². The molecule has 2 aromatic heterocycles. The van der Waals surface area contributed by atoms with Gasteiger partial charge in [-0.25, -0.2) is 13.8 Å². The Morgan fingerprint density at radius 1 is 1.37 bits per heavy atom. The molecule has 10 heteroatoms. The van der Waals surface area contributed by atoms with Crippen molar-refractivity contribution in [2.75, 3.05) is 25.5 Å². The van der Waals surface area contributed by atoms with Gasteiger partial charge >= 0.3 is 0 Å². The number of carbonyl (C=O) groups excluding carboxylic acids is 1. The maximum Gasteiger partial charge on any atom is 0.259 e. The van der Waals surface area contributed by atoms with Crippen LogP contribution in [0, 0.1) is 0 Å². The minimum atomic E-state index is -2.92. The highest BCUT2D eigenvalue weighted by Gasteiger charge is 2.47. The first-order valence-electron chi connectivity index (χ1n) is 11.8. The first-order chi connectivity index (χ1) is 16.8. The van der Waals surface area contributed by atoms with Gasteiger partial charge in [-0.3, -0.25) is 14.5 Å². The molecule has 5 rings (SSSR count). The quantitative estimate of drug-likeness (QED) is 0.506. The molecule has 1 amide bonds. The minimum Gasteiger partial charge on any atom is -0.385 e. The lowest BCUT2D eigenvalue weighted by atomic mass is 9.86. The van der Waals surface area contributed by atoms with Crippen LogP contribution in [-0.2, 0) is 24.2 Å². The number of aryl methyl sites for hydroxylation is 2. The molecule has 7 nitrogen and oxygen atoms in total. The molecule has 186 valence electrons. The van der Waals surface area contributed by atoms with Gasteiger partial charge in [0.1, 0.15) is 13.7 Å². The molecule has 1 aliphatic carbocycles. The highest BCUT2D eigenvalue weighted by molar-refractivity contribution is 7.22. The number of nitrogens with one attached hydrogen (secondary N) is 1. The predicted molar refractivity (Wildman–Crippen MR) is 129 cm³/mol. The third-order valence-corrected chi connectivity index (χ3v) is 8.13. The number of hydrogen-bond donors (Lipinski definition) is 2. The van der Waals surface area contributed by atoms with Crippen LogP contribution < -0.4 is 14.9 Å². The summed E-state index contributed by atoms with van der Waals surface area (Å²) in [4.78, 5) is 24.6. The second-order valence-corrected chi connectivity index (χ2v) is 10.3. The van der Waals surface area contributed by atoms with Crippen molar-refractivity contribution in [3.63, 3.8) is 0 Å². The topological polar surface area (TPSA) is 78.6 Å². The summed E-state index contributed by atoms with van der Waals surface area (Å²) in [6, 6.07) is 6.79. The van der Waals surface area contributed by atoms with E-state index in [1.165, 1.54) is 53.0 Å². The molecule has 2 atom stereocenters. The number of alkyl halides is 2. The van der Waals surface area contributed by atoms with E-state index >= 15 is 0 Å². The van der Waals surface area contributed by atoms with Crippen LogP contribution in [0.2, 0.25) is 0 Å². The van der Waals surface area contributed by atoms with Crippen LogP contribution in [0.15, 0.2) is 30.5 Å². The van der Waals surface area contributed by atoms with E-state index in [9.17, 15) is 18.7 Å². The van der Waals surface area contributed by atoms with E-state index in [2.05, 4.69) is 22.4 Å². The average Bonchev–Trinajstić information content (AvgIpc) is 3.46. The van der Waals surface area contributed by atoms with Crippen molar-refractivity contribution in [2.24, 2.45) is 0 Å². The van der Waals surface area contributed by atoms with Crippen LogP contribution in [0.5, 0.6) is 0 Å². The number of benzene rings is 1. The Balaban J connectivity index is 1.31. The monoisotopic (exact) mass is 503 g/mol. The van der Waals surface area contributed by atoms with E-state index in [0.29, 0.717) is 16.4 Å². The second kappa shape index (κ2) is 9.40. The highest BCUT2D eigenvalue weighted by atomic mass is 32.1. The van der Waals surface area contributed by atoms with Gasteiger partial charge in [-0.2, -0.15) is 0 Å². The molecular formula is C25H29F2N4O3S+. The number of hydrogen-bond acceptors (Lipinski definition) is 6. The molecule has 0 radical (unpaired) electrons. The minimum absolute atomic E-state index is 0.0238.